The molecule has 3 atom stereocenters. The van der Waals surface area contributed by atoms with Crippen molar-refractivity contribution in [3.05, 3.63) is 99.3 Å². The topological polar surface area (TPSA) is 35.5 Å². The van der Waals surface area contributed by atoms with Crippen molar-refractivity contribution in [2.24, 2.45) is 5.92 Å². The van der Waals surface area contributed by atoms with E-state index >= 15 is 0 Å². The molecule has 2 aromatic rings. The SMILES string of the molecule is C=C1C=C(Cc2ccccc2)NC(CN2CC[C@@]34CCCCC3[C@@H]2Cc2ccc(O)cc24)=C1Br. The largest absolute Gasteiger partial charge is 0.508 e. The molecule has 34 heavy (non-hydrogen) atoms. The number of nitrogens with one attached hydrogen (secondary N) is 1. The Kier molecular flexibility index (Phi) is 5.69. The summed E-state index contributed by atoms with van der Waals surface area (Å²) in [5.41, 5.74) is 7.95. The van der Waals surface area contributed by atoms with E-state index in [4.69, 9.17) is 0 Å². The van der Waals surface area contributed by atoms with Crippen LogP contribution < -0.4 is 5.32 Å². The van der Waals surface area contributed by atoms with Gasteiger partial charge in [0.15, 0.2) is 0 Å². The molecule has 4 aliphatic rings. The minimum Gasteiger partial charge on any atom is -0.508 e. The smallest absolute Gasteiger partial charge is 0.115 e. The summed E-state index contributed by atoms with van der Waals surface area (Å²) in [5, 5.41) is 14.0. The van der Waals surface area contributed by atoms with Crippen LogP contribution in [-0.2, 0) is 18.3 Å². The predicted octanol–water partition coefficient (Wildman–Crippen LogP) is 6.34. The van der Waals surface area contributed by atoms with E-state index in [1.807, 2.05) is 6.07 Å². The van der Waals surface area contributed by atoms with Crippen LogP contribution in [0.25, 0.3) is 0 Å². The van der Waals surface area contributed by atoms with Crippen LogP contribution in [0, 0.1) is 5.92 Å². The van der Waals surface area contributed by atoms with Gasteiger partial charge < -0.3 is 10.4 Å². The number of hydrogen-bond donors (Lipinski definition) is 2. The summed E-state index contributed by atoms with van der Waals surface area (Å²) in [6.45, 7) is 6.35. The van der Waals surface area contributed by atoms with Gasteiger partial charge in [0, 0.05) is 40.3 Å². The Bertz CT molecular complexity index is 1180. The predicted molar refractivity (Wildman–Crippen MR) is 142 cm³/mol. The van der Waals surface area contributed by atoms with Crippen molar-refractivity contribution in [3.8, 4) is 5.75 Å². The average molecular weight is 518 g/mol. The van der Waals surface area contributed by atoms with E-state index in [9.17, 15) is 5.11 Å². The minimum atomic E-state index is 0.249. The molecule has 4 heteroatoms. The van der Waals surface area contributed by atoms with E-state index in [1.54, 1.807) is 0 Å². The molecule has 1 saturated carbocycles. The second kappa shape index (κ2) is 8.73. The van der Waals surface area contributed by atoms with Gasteiger partial charge in [0.25, 0.3) is 0 Å². The van der Waals surface area contributed by atoms with Gasteiger partial charge in [-0.15, -0.1) is 0 Å². The van der Waals surface area contributed by atoms with Crippen molar-refractivity contribution in [2.75, 3.05) is 13.1 Å². The summed E-state index contributed by atoms with van der Waals surface area (Å²) in [6, 6.07) is 17.3. The third kappa shape index (κ3) is 3.76. The molecule has 3 nitrogen and oxygen atoms in total. The van der Waals surface area contributed by atoms with Gasteiger partial charge in [0.05, 0.1) is 0 Å². The zero-order chi connectivity index (χ0) is 23.3. The van der Waals surface area contributed by atoms with Crippen LogP contribution >= 0.6 is 15.9 Å². The lowest BCUT2D eigenvalue weighted by Crippen LogP contribution is -2.61. The van der Waals surface area contributed by atoms with Crippen LogP contribution in [0.1, 0.15) is 48.8 Å². The first-order chi connectivity index (χ1) is 16.5. The summed E-state index contributed by atoms with van der Waals surface area (Å²) in [7, 11) is 0. The van der Waals surface area contributed by atoms with E-state index in [0.717, 1.165) is 36.0 Å². The van der Waals surface area contributed by atoms with Crippen LogP contribution in [0.5, 0.6) is 5.75 Å². The van der Waals surface area contributed by atoms with Crippen LogP contribution in [0.2, 0.25) is 0 Å². The number of piperidine rings is 1. The Morgan fingerprint density at radius 1 is 1.12 bits per heavy atom. The number of allylic oxidation sites excluding steroid dienone is 4. The van der Waals surface area contributed by atoms with Crippen LogP contribution in [-0.4, -0.2) is 29.1 Å². The van der Waals surface area contributed by atoms with Crippen molar-refractivity contribution >= 4 is 15.9 Å². The lowest BCUT2D eigenvalue weighted by Gasteiger charge is -2.59. The van der Waals surface area contributed by atoms with E-state index in [1.165, 1.54) is 60.2 Å². The van der Waals surface area contributed by atoms with Crippen molar-refractivity contribution < 1.29 is 5.11 Å². The lowest BCUT2D eigenvalue weighted by molar-refractivity contribution is -0.00708. The molecule has 2 aromatic carbocycles. The molecule has 2 bridgehead atoms. The molecule has 2 N–H and O–H groups in total. The first-order valence-electron chi connectivity index (χ1n) is 12.7. The van der Waals surface area contributed by atoms with Crippen molar-refractivity contribution in [3.63, 3.8) is 0 Å². The second-order valence-corrected chi connectivity index (χ2v) is 11.4. The van der Waals surface area contributed by atoms with Gasteiger partial charge in [-0.25, -0.2) is 0 Å². The third-order valence-electron chi connectivity index (χ3n) is 8.74. The van der Waals surface area contributed by atoms with Gasteiger partial charge in [-0.2, -0.15) is 0 Å². The molecule has 1 unspecified atom stereocenters. The molecule has 1 saturated heterocycles. The maximum atomic E-state index is 10.3. The Morgan fingerprint density at radius 3 is 2.82 bits per heavy atom. The fourth-order valence-corrected chi connectivity index (χ4v) is 7.58. The van der Waals surface area contributed by atoms with Crippen molar-refractivity contribution in [2.45, 2.75) is 56.4 Å². The third-order valence-corrected chi connectivity index (χ3v) is 9.73. The van der Waals surface area contributed by atoms with E-state index in [2.05, 4.69) is 81.3 Å². The number of phenols is 1. The highest BCUT2D eigenvalue weighted by Gasteiger charge is 2.53. The standard InChI is InChI=1S/C30H33BrN2O/c1-20-15-23(16-21-7-3-2-4-8-21)32-27(29(20)31)19-33-14-13-30-12-6-5-9-25(30)28(33)17-22-10-11-24(34)18-26(22)30/h2-4,7-8,10-11,15,18,25,28,32,34H,1,5-6,9,12-14,16-17,19H2/t25?,28-,30-/m0/s1. The number of halogens is 1. The Labute approximate surface area is 211 Å². The molecule has 0 amide bonds. The van der Waals surface area contributed by atoms with Crippen molar-refractivity contribution in [1.29, 1.82) is 0 Å². The summed E-state index contributed by atoms with van der Waals surface area (Å²) in [4.78, 5) is 2.73. The fraction of sp³-hybridized carbons (Fsp3) is 0.400. The van der Waals surface area contributed by atoms with Crippen molar-refractivity contribution in [1.82, 2.24) is 10.2 Å². The first kappa shape index (κ1) is 22.2. The van der Waals surface area contributed by atoms with Gasteiger partial charge >= 0.3 is 0 Å². The number of phenolic OH excluding ortho intramolecular Hbond substituents is 1. The molecule has 2 fully saturated rings. The molecule has 0 radical (unpaired) electrons. The molecule has 176 valence electrons. The molecule has 0 aromatic heterocycles. The fourth-order valence-electron chi connectivity index (χ4n) is 7.24. The Balaban J connectivity index is 1.26. The van der Waals surface area contributed by atoms with Crippen LogP contribution in [0.15, 0.2) is 82.6 Å². The quantitative estimate of drug-likeness (QED) is 0.497. The maximum Gasteiger partial charge on any atom is 0.115 e. The highest BCUT2D eigenvalue weighted by molar-refractivity contribution is 9.12. The molecular formula is C30H33BrN2O. The number of benzene rings is 2. The number of hydrogen-bond acceptors (Lipinski definition) is 3. The van der Waals surface area contributed by atoms with Gasteiger partial charge in [-0.1, -0.05) is 55.8 Å². The number of nitrogens with zero attached hydrogens (tertiary/aromatic N) is 1. The lowest BCUT2D eigenvalue weighted by atomic mass is 9.52. The van der Waals surface area contributed by atoms with Crippen LogP contribution in [0.3, 0.4) is 0 Å². The monoisotopic (exact) mass is 516 g/mol. The van der Waals surface area contributed by atoms with Gasteiger partial charge in [0.2, 0.25) is 0 Å². The van der Waals surface area contributed by atoms with E-state index < -0.39 is 0 Å². The van der Waals surface area contributed by atoms with Gasteiger partial charge in [-0.3, -0.25) is 4.90 Å². The van der Waals surface area contributed by atoms with E-state index in [0.29, 0.717) is 17.7 Å². The zero-order valence-corrected chi connectivity index (χ0v) is 21.3. The van der Waals surface area contributed by atoms with E-state index in [-0.39, 0.29) is 5.41 Å². The molecule has 6 rings (SSSR count). The number of aromatic hydroxyl groups is 1. The summed E-state index contributed by atoms with van der Waals surface area (Å²) in [6.07, 6.45) is 10.5. The molecule has 2 heterocycles. The number of fused-ring (bicyclic) bond motifs is 1. The minimum absolute atomic E-state index is 0.249. The van der Waals surface area contributed by atoms with Crippen LogP contribution in [0.4, 0.5) is 0 Å². The second-order valence-electron chi connectivity index (χ2n) is 10.6. The number of likely N-dealkylation sites (tertiary alicyclic amines) is 1. The Hall–Kier alpha value is -2.30. The number of rotatable bonds is 4. The van der Waals surface area contributed by atoms with Gasteiger partial charge in [-0.05, 0) is 94.5 Å². The van der Waals surface area contributed by atoms with Gasteiger partial charge in [0.1, 0.15) is 5.75 Å². The highest BCUT2D eigenvalue weighted by Crippen LogP contribution is 2.56. The summed E-state index contributed by atoms with van der Waals surface area (Å²) >= 11 is 3.85. The normalized spacial score (nSPS) is 28.6. The molecule has 0 spiro atoms. The number of dihydropyridines is 1. The summed E-state index contributed by atoms with van der Waals surface area (Å²) in [5.74, 6) is 1.10. The Morgan fingerprint density at radius 2 is 1.97 bits per heavy atom. The first-order valence-corrected chi connectivity index (χ1v) is 13.5. The molecule has 2 aliphatic heterocycles. The maximum absolute atomic E-state index is 10.3. The highest BCUT2D eigenvalue weighted by atomic mass is 79.9. The average Bonchev–Trinajstić information content (AvgIpc) is 2.85. The molecule has 2 aliphatic carbocycles. The summed E-state index contributed by atoms with van der Waals surface area (Å²) < 4.78 is 1.10. The zero-order valence-electron chi connectivity index (χ0n) is 19.7. The molecular weight excluding hydrogens is 484 g/mol.